The van der Waals surface area contributed by atoms with Crippen molar-refractivity contribution in [2.24, 2.45) is 16.6 Å². The minimum atomic E-state index is -0.143. The van der Waals surface area contributed by atoms with Crippen LogP contribution in [0.1, 0.15) is 66.2 Å². The molecule has 0 saturated heterocycles. The van der Waals surface area contributed by atoms with E-state index >= 15 is 0 Å². The molecule has 3 nitrogen and oxygen atoms in total. The number of nitrogens with two attached hydrogens (primary N) is 1. The number of hydrogen-bond acceptors (Lipinski definition) is 2. The monoisotopic (exact) mass is 267 g/mol. The van der Waals surface area contributed by atoms with Crippen LogP contribution in [0.15, 0.2) is 0 Å². The van der Waals surface area contributed by atoms with Gasteiger partial charge < -0.3 is 10.6 Å². The van der Waals surface area contributed by atoms with Gasteiger partial charge in [0.1, 0.15) is 0 Å². The number of hydrogen-bond donors (Lipinski definition) is 2. The fourth-order valence-corrected chi connectivity index (χ4v) is 2.91. The van der Waals surface area contributed by atoms with E-state index in [9.17, 15) is 0 Å². The first-order valence-electron chi connectivity index (χ1n) is 7.69. The van der Waals surface area contributed by atoms with Crippen molar-refractivity contribution in [3.8, 4) is 0 Å². The van der Waals surface area contributed by atoms with Crippen molar-refractivity contribution < 1.29 is 0 Å². The Hall–Kier alpha value is -0.570. The molecule has 0 aliphatic heterocycles. The lowest BCUT2D eigenvalue weighted by Gasteiger charge is -2.39. The summed E-state index contributed by atoms with van der Waals surface area (Å²) in [7, 11) is 2.25. The summed E-state index contributed by atoms with van der Waals surface area (Å²) in [5.74, 6) is 0.314. The highest BCUT2D eigenvalue weighted by Gasteiger charge is 2.29. The Bertz CT molecular complexity index is 297. The SMILES string of the molecule is CN(CCCC(C)(C)C(=N)N)C1CCC(C)(C)CC1. The lowest BCUT2D eigenvalue weighted by molar-refractivity contribution is 0.124. The van der Waals surface area contributed by atoms with E-state index in [1.807, 2.05) is 0 Å². The molecule has 1 aliphatic carbocycles. The molecule has 0 unspecified atom stereocenters. The number of rotatable bonds is 6. The van der Waals surface area contributed by atoms with Gasteiger partial charge in [-0.25, -0.2) is 0 Å². The lowest BCUT2D eigenvalue weighted by atomic mass is 9.75. The van der Waals surface area contributed by atoms with Gasteiger partial charge in [0, 0.05) is 11.5 Å². The molecule has 0 aromatic rings. The summed E-state index contributed by atoms with van der Waals surface area (Å²) in [6.45, 7) is 10.0. The maximum absolute atomic E-state index is 7.59. The van der Waals surface area contributed by atoms with E-state index in [0.29, 0.717) is 11.3 Å². The number of amidine groups is 1. The Kier molecular flexibility index (Phi) is 5.43. The summed E-state index contributed by atoms with van der Waals surface area (Å²) in [6, 6.07) is 0.758. The Balaban J connectivity index is 2.29. The van der Waals surface area contributed by atoms with Gasteiger partial charge in [-0.15, -0.1) is 0 Å². The number of nitrogens with one attached hydrogen (secondary N) is 1. The third kappa shape index (κ3) is 5.13. The van der Waals surface area contributed by atoms with Gasteiger partial charge in [0.2, 0.25) is 0 Å². The first-order valence-corrected chi connectivity index (χ1v) is 7.69. The molecule has 112 valence electrons. The molecule has 19 heavy (non-hydrogen) atoms. The Morgan fingerprint density at radius 2 is 1.84 bits per heavy atom. The van der Waals surface area contributed by atoms with E-state index in [-0.39, 0.29) is 5.41 Å². The van der Waals surface area contributed by atoms with Crippen molar-refractivity contribution in [3.63, 3.8) is 0 Å². The van der Waals surface area contributed by atoms with Crippen LogP contribution in [0, 0.1) is 16.2 Å². The zero-order valence-electron chi connectivity index (χ0n) is 13.6. The van der Waals surface area contributed by atoms with Crippen molar-refractivity contribution in [2.45, 2.75) is 72.3 Å². The summed E-state index contributed by atoms with van der Waals surface area (Å²) >= 11 is 0. The molecule has 3 heteroatoms. The molecule has 1 saturated carbocycles. The third-order valence-corrected chi connectivity index (χ3v) is 4.97. The molecule has 1 fully saturated rings. The normalized spacial score (nSPS) is 20.7. The van der Waals surface area contributed by atoms with Crippen molar-refractivity contribution in [1.29, 1.82) is 5.41 Å². The number of nitrogens with zero attached hydrogens (tertiary/aromatic N) is 1. The van der Waals surface area contributed by atoms with E-state index in [1.54, 1.807) is 0 Å². The minimum Gasteiger partial charge on any atom is -0.387 e. The van der Waals surface area contributed by atoms with Crippen LogP contribution in [0.5, 0.6) is 0 Å². The average Bonchev–Trinajstić information content (AvgIpc) is 2.28. The Labute approximate surface area is 119 Å². The first-order chi connectivity index (χ1) is 8.64. The first kappa shape index (κ1) is 16.5. The summed E-state index contributed by atoms with van der Waals surface area (Å²) in [6.07, 6.45) is 7.49. The molecule has 0 heterocycles. The van der Waals surface area contributed by atoms with Gasteiger partial charge in [-0.05, 0) is 57.5 Å². The molecule has 0 aromatic carbocycles. The van der Waals surface area contributed by atoms with Crippen LogP contribution in [0.2, 0.25) is 0 Å². The van der Waals surface area contributed by atoms with Gasteiger partial charge in [-0.3, -0.25) is 5.41 Å². The van der Waals surface area contributed by atoms with Gasteiger partial charge in [0.15, 0.2) is 0 Å². The Morgan fingerprint density at radius 1 is 1.32 bits per heavy atom. The van der Waals surface area contributed by atoms with Crippen LogP contribution in [0.4, 0.5) is 0 Å². The van der Waals surface area contributed by atoms with Crippen LogP contribution in [0.25, 0.3) is 0 Å². The molecule has 0 atom stereocenters. The zero-order chi connectivity index (χ0) is 14.7. The molecule has 3 N–H and O–H groups in total. The summed E-state index contributed by atoms with van der Waals surface area (Å²) < 4.78 is 0. The van der Waals surface area contributed by atoms with Crippen molar-refractivity contribution in [2.75, 3.05) is 13.6 Å². The lowest BCUT2D eigenvalue weighted by Crippen LogP contribution is -2.38. The largest absolute Gasteiger partial charge is 0.387 e. The van der Waals surface area contributed by atoms with Crippen LogP contribution in [-0.4, -0.2) is 30.4 Å². The highest BCUT2D eigenvalue weighted by molar-refractivity contribution is 5.82. The summed E-state index contributed by atoms with van der Waals surface area (Å²) in [5, 5.41) is 7.59. The fraction of sp³-hybridized carbons (Fsp3) is 0.938. The smallest absolute Gasteiger partial charge is 0.0963 e. The molecular formula is C16H33N3. The van der Waals surface area contributed by atoms with Gasteiger partial charge in [0.05, 0.1) is 5.84 Å². The second-order valence-electron chi connectivity index (χ2n) is 7.78. The maximum atomic E-state index is 7.59. The zero-order valence-corrected chi connectivity index (χ0v) is 13.6. The van der Waals surface area contributed by atoms with Crippen molar-refractivity contribution in [1.82, 2.24) is 4.90 Å². The molecule has 0 amide bonds. The molecular weight excluding hydrogens is 234 g/mol. The van der Waals surface area contributed by atoms with Crippen LogP contribution >= 0.6 is 0 Å². The van der Waals surface area contributed by atoms with Crippen LogP contribution in [-0.2, 0) is 0 Å². The second kappa shape index (κ2) is 6.25. The predicted molar refractivity (Wildman–Crippen MR) is 83.6 cm³/mol. The van der Waals surface area contributed by atoms with E-state index in [4.69, 9.17) is 11.1 Å². The van der Waals surface area contributed by atoms with Gasteiger partial charge in [0.25, 0.3) is 0 Å². The quantitative estimate of drug-likeness (QED) is 0.570. The molecule has 0 spiro atoms. The Morgan fingerprint density at radius 3 is 2.32 bits per heavy atom. The highest BCUT2D eigenvalue weighted by Crippen LogP contribution is 2.36. The van der Waals surface area contributed by atoms with Gasteiger partial charge >= 0.3 is 0 Å². The topological polar surface area (TPSA) is 53.1 Å². The fourth-order valence-electron chi connectivity index (χ4n) is 2.91. The van der Waals surface area contributed by atoms with E-state index in [2.05, 4.69) is 39.6 Å². The van der Waals surface area contributed by atoms with Crippen molar-refractivity contribution >= 4 is 5.84 Å². The molecule has 0 bridgehead atoms. The molecule has 1 rings (SSSR count). The van der Waals surface area contributed by atoms with E-state index < -0.39 is 0 Å². The molecule has 1 aliphatic rings. The third-order valence-electron chi connectivity index (χ3n) is 4.97. The van der Waals surface area contributed by atoms with Gasteiger partial charge in [-0.2, -0.15) is 0 Å². The van der Waals surface area contributed by atoms with Gasteiger partial charge in [-0.1, -0.05) is 27.7 Å². The maximum Gasteiger partial charge on any atom is 0.0963 e. The highest BCUT2D eigenvalue weighted by atomic mass is 15.1. The minimum absolute atomic E-state index is 0.143. The van der Waals surface area contributed by atoms with E-state index in [0.717, 1.165) is 25.4 Å². The predicted octanol–water partition coefficient (Wildman–Crippen LogP) is 3.63. The summed E-state index contributed by atoms with van der Waals surface area (Å²) in [5.41, 5.74) is 6.04. The molecule has 0 aromatic heterocycles. The van der Waals surface area contributed by atoms with Crippen LogP contribution in [0.3, 0.4) is 0 Å². The van der Waals surface area contributed by atoms with Crippen LogP contribution < -0.4 is 5.73 Å². The molecule has 0 radical (unpaired) electrons. The van der Waals surface area contributed by atoms with Crippen molar-refractivity contribution in [3.05, 3.63) is 0 Å². The average molecular weight is 267 g/mol. The second-order valence-corrected chi connectivity index (χ2v) is 7.78. The summed E-state index contributed by atoms with van der Waals surface area (Å²) in [4.78, 5) is 2.52. The standard InChI is InChI=1S/C16H33N3/c1-15(2)10-7-13(8-11-15)19(5)12-6-9-16(3,4)14(17)18/h13H,6-12H2,1-5H3,(H3,17,18). The van der Waals surface area contributed by atoms with E-state index in [1.165, 1.54) is 25.7 Å².